The van der Waals surface area contributed by atoms with Crippen LogP contribution in [0.3, 0.4) is 0 Å². The van der Waals surface area contributed by atoms with Crippen molar-refractivity contribution in [2.45, 2.75) is 156 Å². The highest BCUT2D eigenvalue weighted by Crippen LogP contribution is 2.70. The Labute approximate surface area is 280 Å². The number of hydrogen-bond donors (Lipinski definition) is 1. The van der Waals surface area contributed by atoms with E-state index in [0.717, 1.165) is 64.2 Å². The number of rotatable bonds is 7. The van der Waals surface area contributed by atoms with E-state index in [1.807, 2.05) is 6.92 Å². The lowest BCUT2D eigenvalue weighted by Crippen LogP contribution is -2.65. The number of carbonyl (C=O) groups excluding carboxylic acids is 3. The highest BCUT2D eigenvalue weighted by Gasteiger charge is 2.69. The summed E-state index contributed by atoms with van der Waals surface area (Å²) in [4.78, 5) is 62.4. The Bertz CT molecular complexity index is 1180. The zero-order chi connectivity index (χ0) is 33.8. The van der Waals surface area contributed by atoms with Gasteiger partial charge in [0.25, 0.3) is 0 Å². The second kappa shape index (κ2) is 13.2. The highest BCUT2D eigenvalue weighted by atomic mass is 17.4. The Morgan fingerprint density at radius 2 is 1.62 bits per heavy atom. The number of fused-ring (bicyclic) bond motifs is 5. The average Bonchev–Trinajstić information content (AvgIpc) is 3.38. The lowest BCUT2D eigenvalue weighted by Gasteiger charge is -2.65. The van der Waals surface area contributed by atoms with Crippen LogP contribution in [0.15, 0.2) is 0 Å². The van der Waals surface area contributed by atoms with E-state index in [4.69, 9.17) is 29.0 Å². The first-order valence-electron chi connectivity index (χ1n) is 18.6. The molecule has 10 nitrogen and oxygen atoms in total. The van der Waals surface area contributed by atoms with Crippen LogP contribution >= 0.6 is 0 Å². The number of amides is 1. The van der Waals surface area contributed by atoms with Crippen molar-refractivity contribution in [1.29, 1.82) is 0 Å². The molecule has 1 heterocycles. The van der Waals surface area contributed by atoms with Crippen molar-refractivity contribution in [3.8, 4) is 0 Å². The van der Waals surface area contributed by atoms with Gasteiger partial charge in [-0.2, -0.15) is 19.6 Å². The van der Waals surface area contributed by atoms with E-state index in [1.165, 1.54) is 13.8 Å². The molecule has 1 amide bonds. The fraction of sp³-hybridized carbons (Fsp3) is 0.919. The molecule has 6 aliphatic rings. The number of nitrogens with one attached hydrogen (secondary N) is 1. The first-order chi connectivity index (χ1) is 22.3. The van der Waals surface area contributed by atoms with Gasteiger partial charge < -0.3 is 14.8 Å². The molecule has 266 valence electrons. The van der Waals surface area contributed by atoms with Crippen LogP contribution in [0.25, 0.3) is 0 Å². The Morgan fingerprint density at radius 3 is 2.28 bits per heavy atom. The van der Waals surface area contributed by atoms with E-state index in [2.05, 4.69) is 33.0 Å². The number of carbonyl (C=O) groups is 3. The van der Waals surface area contributed by atoms with E-state index >= 15 is 0 Å². The molecule has 0 radical (unpaired) electrons. The molecule has 10 heteroatoms. The Balaban J connectivity index is 1.27. The molecule has 0 aromatic heterocycles. The second-order valence-corrected chi connectivity index (χ2v) is 16.6. The minimum atomic E-state index is -1.00. The van der Waals surface area contributed by atoms with Gasteiger partial charge in [-0.3, -0.25) is 14.4 Å². The van der Waals surface area contributed by atoms with Crippen LogP contribution in [0.2, 0.25) is 0 Å². The maximum atomic E-state index is 12.7. The number of hydrogen-bond acceptors (Lipinski definition) is 9. The molecule has 47 heavy (non-hydrogen) atoms. The van der Waals surface area contributed by atoms with Crippen LogP contribution < -0.4 is 5.32 Å². The summed E-state index contributed by atoms with van der Waals surface area (Å²) in [7, 11) is 0. The molecule has 0 aromatic carbocycles. The summed E-state index contributed by atoms with van der Waals surface area (Å²) < 4.78 is 12.6. The molecule has 1 saturated heterocycles. The summed E-state index contributed by atoms with van der Waals surface area (Å²) in [5.41, 5.74) is -0.387. The van der Waals surface area contributed by atoms with Crippen LogP contribution in [0, 0.1) is 52.3 Å². The third-order valence-electron chi connectivity index (χ3n) is 14.2. The van der Waals surface area contributed by atoms with Gasteiger partial charge in [0.15, 0.2) is 0 Å². The van der Waals surface area contributed by atoms with Gasteiger partial charge in [-0.05, 0) is 93.3 Å². The Kier molecular flexibility index (Phi) is 9.84. The first kappa shape index (κ1) is 35.1. The monoisotopic (exact) mass is 661 g/mol. The van der Waals surface area contributed by atoms with Crippen molar-refractivity contribution in [3.63, 3.8) is 0 Å². The van der Waals surface area contributed by atoms with Crippen LogP contribution in [0.5, 0.6) is 0 Å². The van der Waals surface area contributed by atoms with Crippen LogP contribution in [-0.4, -0.2) is 48.2 Å². The molecule has 5 saturated carbocycles. The summed E-state index contributed by atoms with van der Waals surface area (Å²) in [6.07, 6.45) is 10.2. The topological polar surface area (TPSA) is 119 Å². The van der Waals surface area contributed by atoms with E-state index < -0.39 is 11.6 Å². The van der Waals surface area contributed by atoms with Gasteiger partial charge in [0.05, 0.1) is 0 Å². The Hall–Kier alpha value is -1.75. The molecule has 1 aliphatic heterocycles. The maximum absolute atomic E-state index is 12.7. The van der Waals surface area contributed by atoms with Crippen molar-refractivity contribution < 1.29 is 43.4 Å². The average molecular weight is 662 g/mol. The van der Waals surface area contributed by atoms with E-state index in [1.54, 1.807) is 0 Å². The van der Waals surface area contributed by atoms with E-state index in [9.17, 15) is 14.4 Å². The third-order valence-corrected chi connectivity index (χ3v) is 14.2. The highest BCUT2D eigenvalue weighted by molar-refractivity contribution is 5.75. The molecule has 2 spiro atoms. The van der Waals surface area contributed by atoms with Crippen molar-refractivity contribution >= 4 is 17.8 Å². The van der Waals surface area contributed by atoms with Gasteiger partial charge in [0.1, 0.15) is 12.2 Å². The predicted octanol–water partition coefficient (Wildman–Crippen LogP) is 6.79. The molecule has 1 N–H and O–H groups in total. The zero-order valence-electron chi connectivity index (χ0n) is 29.8. The van der Waals surface area contributed by atoms with Crippen molar-refractivity contribution in [2.24, 2.45) is 52.3 Å². The van der Waals surface area contributed by atoms with Crippen molar-refractivity contribution in [3.05, 3.63) is 0 Å². The van der Waals surface area contributed by atoms with E-state index in [-0.39, 0.29) is 82.3 Å². The molecule has 0 bridgehead atoms. The van der Waals surface area contributed by atoms with Crippen LogP contribution in [0.1, 0.15) is 132 Å². The van der Waals surface area contributed by atoms with Gasteiger partial charge >= 0.3 is 11.9 Å². The summed E-state index contributed by atoms with van der Waals surface area (Å²) in [6.45, 7) is 14.7. The van der Waals surface area contributed by atoms with Crippen molar-refractivity contribution in [1.82, 2.24) is 5.32 Å². The number of esters is 2. The maximum Gasteiger partial charge on any atom is 0.302 e. The molecule has 1 unspecified atom stereocenters. The van der Waals surface area contributed by atoms with Gasteiger partial charge in [0.2, 0.25) is 17.5 Å². The molecule has 6 fully saturated rings. The molecule has 11 atom stereocenters. The quantitative estimate of drug-likeness (QED) is 0.232. The fourth-order valence-corrected chi connectivity index (χ4v) is 11.6. The molecular formula is C37H59NO9. The third kappa shape index (κ3) is 6.16. The summed E-state index contributed by atoms with van der Waals surface area (Å²) in [6, 6.07) is 0. The van der Waals surface area contributed by atoms with Crippen molar-refractivity contribution in [2.75, 3.05) is 6.54 Å². The second-order valence-electron chi connectivity index (χ2n) is 16.6. The van der Waals surface area contributed by atoms with Crippen LogP contribution in [-0.2, 0) is 43.4 Å². The van der Waals surface area contributed by atoms with E-state index in [0.29, 0.717) is 25.8 Å². The summed E-state index contributed by atoms with van der Waals surface area (Å²) in [5, 5.41) is 2.93. The molecule has 5 aliphatic carbocycles. The van der Waals surface area contributed by atoms with Gasteiger partial charge in [0, 0.05) is 63.3 Å². The van der Waals surface area contributed by atoms with Gasteiger partial charge in [-0.15, -0.1) is 0 Å². The van der Waals surface area contributed by atoms with Gasteiger partial charge in [-0.1, -0.05) is 34.1 Å². The Morgan fingerprint density at radius 1 is 0.894 bits per heavy atom. The summed E-state index contributed by atoms with van der Waals surface area (Å²) in [5.74, 6) is -0.859. The minimum Gasteiger partial charge on any atom is -0.462 e. The first-order valence-corrected chi connectivity index (χ1v) is 18.6. The minimum absolute atomic E-state index is 0.0840. The molecular weight excluding hydrogens is 602 g/mol. The lowest BCUT2D eigenvalue weighted by atomic mass is 9.42. The smallest absolute Gasteiger partial charge is 0.302 e. The number of ether oxygens (including phenoxy) is 2. The van der Waals surface area contributed by atoms with Crippen LogP contribution in [0.4, 0.5) is 0 Å². The largest absolute Gasteiger partial charge is 0.462 e. The zero-order valence-corrected chi connectivity index (χ0v) is 29.8. The normalized spacial score (nSPS) is 46.5. The van der Waals surface area contributed by atoms with Gasteiger partial charge in [-0.25, -0.2) is 0 Å². The lowest BCUT2D eigenvalue weighted by molar-refractivity contribution is -0.671. The summed E-state index contributed by atoms with van der Waals surface area (Å²) >= 11 is 0. The SMILES string of the molecule is CCNC(=O)CC[C@@H](C)[C@H]1CC[C@H]2[C@@H]3[C@H](OC(C)=O)C[C@@H]4CC5(CC[C@]4(C)[C@H]3C[C@H](OC(C)=O)[C@]12C)OOC1(CCCCC1C)OO5. The molecule has 6 rings (SSSR count). The fourth-order valence-electron chi connectivity index (χ4n) is 11.6. The predicted molar refractivity (Wildman–Crippen MR) is 172 cm³/mol. The standard InChI is InChI=1S/C37H59NO9/c1-8-38-32(41)15-12-22(2)27-13-14-28-33-29(20-31(35(27,28)7)43-25(5)40)34(6)17-18-36(21-26(34)19-30(33)42-24(4)39)44-46-37(47-45-36)16-10-9-11-23(37)3/h22-23,26-31,33H,8-21H2,1-7H3,(H,38,41)/t22-,23?,26-,27-,28+,29+,30-,31+,33+,34+,35-,36?,37?/m1/s1. The molecule has 0 aromatic rings.